The lowest BCUT2D eigenvalue weighted by Crippen LogP contribution is -2.30. The number of nitrogens with zero attached hydrogens (tertiary/aromatic N) is 1. The average molecular weight is 303 g/mol. The van der Waals surface area contributed by atoms with Gasteiger partial charge in [0.1, 0.15) is 15.6 Å². The van der Waals surface area contributed by atoms with Gasteiger partial charge in [-0.2, -0.15) is 0 Å². The Morgan fingerprint density at radius 3 is 2.15 bits per heavy atom. The van der Waals surface area contributed by atoms with E-state index in [-0.39, 0.29) is 5.69 Å². The molecule has 0 saturated heterocycles. The Bertz CT molecular complexity index is 442. The number of thiophene rings is 1. The van der Waals surface area contributed by atoms with E-state index >= 15 is 0 Å². The minimum absolute atomic E-state index is 0.278. The van der Waals surface area contributed by atoms with Gasteiger partial charge in [0.05, 0.1) is 20.3 Å². The summed E-state index contributed by atoms with van der Waals surface area (Å²) in [5.41, 5.74) is 11.5. The van der Waals surface area contributed by atoms with E-state index in [0.717, 1.165) is 5.00 Å². The van der Waals surface area contributed by atoms with Gasteiger partial charge in [0.25, 0.3) is 5.91 Å². The summed E-state index contributed by atoms with van der Waals surface area (Å²) in [5.74, 6) is -0.0912. The Labute approximate surface area is 122 Å². The minimum atomic E-state index is -0.560. The van der Waals surface area contributed by atoms with Gasteiger partial charge < -0.3 is 30.6 Å². The second kappa shape index (κ2) is 7.93. The van der Waals surface area contributed by atoms with E-state index in [0.29, 0.717) is 36.9 Å². The average Bonchev–Trinajstić information content (AvgIpc) is 2.76. The number of carbonyl (C=O) groups is 1. The van der Waals surface area contributed by atoms with Gasteiger partial charge in [-0.25, -0.2) is 0 Å². The molecule has 0 aromatic carbocycles. The highest BCUT2D eigenvalue weighted by Crippen LogP contribution is 2.44. The summed E-state index contributed by atoms with van der Waals surface area (Å²) in [6.45, 7) is 2.34. The summed E-state index contributed by atoms with van der Waals surface area (Å²) in [5, 5.41) is 0.757. The fourth-order valence-electron chi connectivity index (χ4n) is 1.72. The molecule has 0 aliphatic carbocycles. The molecule has 7 nitrogen and oxygen atoms in total. The number of hydrogen-bond donors (Lipinski definition) is 2. The van der Waals surface area contributed by atoms with Crippen molar-refractivity contribution in [3.63, 3.8) is 0 Å². The first kappa shape index (κ1) is 16.5. The molecule has 1 aromatic rings. The van der Waals surface area contributed by atoms with Crippen molar-refractivity contribution in [1.29, 1.82) is 0 Å². The van der Waals surface area contributed by atoms with E-state index in [4.69, 9.17) is 25.7 Å². The number of nitrogen functional groups attached to an aromatic ring is 1. The predicted molar refractivity (Wildman–Crippen MR) is 79.8 cm³/mol. The third-order valence-corrected chi connectivity index (χ3v) is 3.99. The van der Waals surface area contributed by atoms with Crippen molar-refractivity contribution in [3.8, 4) is 5.75 Å². The molecule has 20 heavy (non-hydrogen) atoms. The van der Waals surface area contributed by atoms with Crippen LogP contribution in [-0.4, -0.2) is 53.5 Å². The van der Waals surface area contributed by atoms with Gasteiger partial charge in [0, 0.05) is 27.3 Å². The molecule has 0 fully saturated rings. The third-order valence-electron chi connectivity index (χ3n) is 2.73. The zero-order chi connectivity index (χ0) is 15.1. The second-order valence-corrected chi connectivity index (χ2v) is 5.02. The summed E-state index contributed by atoms with van der Waals surface area (Å²) in [6.07, 6.45) is 0. The maximum atomic E-state index is 11.4. The predicted octanol–water partition coefficient (Wildman–Crippen LogP) is 0.537. The molecule has 0 atom stereocenters. The van der Waals surface area contributed by atoms with Crippen LogP contribution in [0.25, 0.3) is 0 Å². The minimum Gasteiger partial charge on any atom is -0.492 e. The van der Waals surface area contributed by atoms with Gasteiger partial charge in [-0.1, -0.05) is 0 Å². The van der Waals surface area contributed by atoms with E-state index in [1.807, 2.05) is 4.90 Å². The Morgan fingerprint density at radius 1 is 1.20 bits per heavy atom. The van der Waals surface area contributed by atoms with Crippen LogP contribution in [0.4, 0.5) is 10.7 Å². The number of hydrogen-bond acceptors (Lipinski definition) is 7. The van der Waals surface area contributed by atoms with Crippen molar-refractivity contribution in [2.75, 3.05) is 58.3 Å². The molecule has 0 radical (unpaired) electrons. The SMILES string of the molecule is COCCN(CCOC)c1sc(C(N)=O)c(N)c1OC. The summed E-state index contributed by atoms with van der Waals surface area (Å²) in [6, 6.07) is 0. The van der Waals surface area contributed by atoms with Crippen LogP contribution in [0.1, 0.15) is 9.67 Å². The number of amides is 1. The van der Waals surface area contributed by atoms with Gasteiger partial charge in [-0.15, -0.1) is 11.3 Å². The highest BCUT2D eigenvalue weighted by atomic mass is 32.1. The molecule has 0 aliphatic rings. The van der Waals surface area contributed by atoms with Crippen LogP contribution in [0.5, 0.6) is 5.75 Å². The molecular weight excluding hydrogens is 282 g/mol. The lowest BCUT2D eigenvalue weighted by molar-refractivity contribution is 0.100. The maximum absolute atomic E-state index is 11.4. The van der Waals surface area contributed by atoms with Gasteiger partial charge in [-0.3, -0.25) is 4.79 Å². The smallest absolute Gasteiger partial charge is 0.261 e. The summed E-state index contributed by atoms with van der Waals surface area (Å²) < 4.78 is 15.5. The number of nitrogens with two attached hydrogens (primary N) is 2. The highest BCUT2D eigenvalue weighted by Gasteiger charge is 2.23. The van der Waals surface area contributed by atoms with Gasteiger partial charge in [-0.05, 0) is 0 Å². The fraction of sp³-hybridized carbons (Fsp3) is 0.583. The van der Waals surface area contributed by atoms with Crippen molar-refractivity contribution < 1.29 is 19.0 Å². The highest BCUT2D eigenvalue weighted by molar-refractivity contribution is 7.19. The van der Waals surface area contributed by atoms with Crippen molar-refractivity contribution in [1.82, 2.24) is 0 Å². The molecule has 0 bridgehead atoms. The van der Waals surface area contributed by atoms with Crippen molar-refractivity contribution in [3.05, 3.63) is 4.88 Å². The second-order valence-electron chi connectivity index (χ2n) is 4.02. The zero-order valence-electron chi connectivity index (χ0n) is 12.0. The molecule has 0 saturated carbocycles. The van der Waals surface area contributed by atoms with Gasteiger partial charge in [0.2, 0.25) is 0 Å². The molecule has 1 heterocycles. The van der Waals surface area contributed by atoms with E-state index in [2.05, 4.69) is 0 Å². The van der Waals surface area contributed by atoms with Crippen molar-refractivity contribution in [2.45, 2.75) is 0 Å². The van der Waals surface area contributed by atoms with Gasteiger partial charge >= 0.3 is 0 Å². The Kier molecular flexibility index (Phi) is 6.56. The summed E-state index contributed by atoms with van der Waals surface area (Å²) in [7, 11) is 4.77. The Balaban J connectivity index is 3.10. The topological polar surface area (TPSA) is 100 Å². The fourth-order valence-corrected chi connectivity index (χ4v) is 2.82. The number of primary amides is 1. The van der Waals surface area contributed by atoms with Crippen LogP contribution in [0.3, 0.4) is 0 Å². The first-order chi connectivity index (χ1) is 9.56. The molecule has 1 rings (SSSR count). The number of anilines is 2. The standard InChI is InChI=1S/C12H21N3O4S/c1-17-6-4-15(5-7-18-2)12-9(19-3)8(13)10(20-12)11(14)16/h4-7,13H2,1-3H3,(H2,14,16). The monoisotopic (exact) mass is 303 g/mol. The summed E-state index contributed by atoms with van der Waals surface area (Å²) in [4.78, 5) is 13.7. The Hall–Kier alpha value is -1.51. The molecule has 1 aromatic heterocycles. The Morgan fingerprint density at radius 2 is 1.75 bits per heavy atom. The van der Waals surface area contributed by atoms with Crippen LogP contribution < -0.4 is 21.1 Å². The number of methoxy groups -OCH3 is 3. The number of ether oxygens (including phenoxy) is 3. The maximum Gasteiger partial charge on any atom is 0.261 e. The number of rotatable bonds is 9. The first-order valence-electron chi connectivity index (χ1n) is 6.05. The van der Waals surface area contributed by atoms with Crippen LogP contribution in [0.2, 0.25) is 0 Å². The van der Waals surface area contributed by atoms with Crippen molar-refractivity contribution in [2.24, 2.45) is 5.73 Å². The molecule has 4 N–H and O–H groups in total. The molecular formula is C12H21N3O4S. The quantitative estimate of drug-likeness (QED) is 0.690. The molecule has 114 valence electrons. The molecule has 0 spiro atoms. The van der Waals surface area contributed by atoms with E-state index in [1.54, 1.807) is 14.2 Å². The lowest BCUT2D eigenvalue weighted by atomic mass is 10.3. The van der Waals surface area contributed by atoms with E-state index < -0.39 is 5.91 Å². The van der Waals surface area contributed by atoms with Crippen LogP contribution >= 0.6 is 11.3 Å². The third kappa shape index (κ3) is 3.75. The first-order valence-corrected chi connectivity index (χ1v) is 6.87. The molecule has 0 aliphatic heterocycles. The van der Waals surface area contributed by atoms with Crippen LogP contribution in [0.15, 0.2) is 0 Å². The van der Waals surface area contributed by atoms with E-state index in [1.165, 1.54) is 18.4 Å². The largest absolute Gasteiger partial charge is 0.492 e. The van der Waals surface area contributed by atoms with Crippen LogP contribution in [0, 0.1) is 0 Å². The molecule has 0 unspecified atom stereocenters. The molecule has 8 heteroatoms. The zero-order valence-corrected chi connectivity index (χ0v) is 12.8. The summed E-state index contributed by atoms with van der Waals surface area (Å²) >= 11 is 1.22. The van der Waals surface area contributed by atoms with Crippen molar-refractivity contribution >= 4 is 27.9 Å². The number of carbonyl (C=O) groups excluding carboxylic acids is 1. The normalized spacial score (nSPS) is 10.6. The van der Waals surface area contributed by atoms with Crippen LogP contribution in [-0.2, 0) is 9.47 Å². The van der Waals surface area contributed by atoms with E-state index in [9.17, 15) is 4.79 Å². The van der Waals surface area contributed by atoms with Gasteiger partial charge in [0.15, 0.2) is 5.75 Å². The molecule has 1 amide bonds. The lowest BCUT2D eigenvalue weighted by Gasteiger charge is -2.23.